The normalized spacial score (nSPS) is 27.1. The van der Waals surface area contributed by atoms with Crippen molar-refractivity contribution >= 4 is 17.8 Å². The van der Waals surface area contributed by atoms with Crippen molar-refractivity contribution in [3.63, 3.8) is 0 Å². The predicted octanol–water partition coefficient (Wildman–Crippen LogP) is 1.05. The lowest BCUT2D eigenvalue weighted by molar-refractivity contribution is -0.149. The quantitative estimate of drug-likeness (QED) is 0.779. The van der Waals surface area contributed by atoms with E-state index in [1.54, 1.807) is 18.2 Å². The van der Waals surface area contributed by atoms with Crippen molar-refractivity contribution in [1.82, 2.24) is 4.90 Å². The fourth-order valence-corrected chi connectivity index (χ4v) is 2.89. The van der Waals surface area contributed by atoms with E-state index >= 15 is 0 Å². The third-order valence-electron chi connectivity index (χ3n) is 3.82. The Morgan fingerprint density at radius 1 is 1.25 bits per heavy atom. The number of likely N-dealkylation sites (tertiary alicyclic amines) is 1. The van der Waals surface area contributed by atoms with Gasteiger partial charge in [0.05, 0.1) is 12.3 Å². The molecule has 102 valence electrons. The first-order valence-corrected chi connectivity index (χ1v) is 6.44. The first-order chi connectivity index (χ1) is 9.59. The molecule has 2 amide bonds. The summed E-state index contributed by atoms with van der Waals surface area (Å²) < 4.78 is 0. The lowest BCUT2D eigenvalue weighted by atomic mass is 9.71. The van der Waals surface area contributed by atoms with Crippen LogP contribution in [0.1, 0.15) is 6.42 Å². The number of piperidine rings is 1. The molecule has 0 aromatic rings. The maximum atomic E-state index is 12.4. The number of carboxylic acids is 1. The summed E-state index contributed by atoms with van der Waals surface area (Å²) in [5.74, 6) is -2.33. The zero-order chi connectivity index (χ0) is 14.3. The Balaban J connectivity index is 1.96. The largest absolute Gasteiger partial charge is 0.481 e. The van der Waals surface area contributed by atoms with Gasteiger partial charge in [0.25, 0.3) is 5.91 Å². The van der Waals surface area contributed by atoms with Gasteiger partial charge in [-0.1, -0.05) is 36.5 Å². The lowest BCUT2D eigenvalue weighted by Crippen LogP contribution is -2.51. The molecule has 1 heterocycles. The fraction of sp³-hybridized carbons (Fsp3) is 0.267. The number of carboxylic acid groups (broad SMARTS) is 1. The van der Waals surface area contributed by atoms with Gasteiger partial charge in [0, 0.05) is 18.0 Å². The maximum absolute atomic E-state index is 12.4. The molecule has 1 N–H and O–H groups in total. The molecule has 0 aromatic carbocycles. The molecule has 1 aliphatic heterocycles. The van der Waals surface area contributed by atoms with Gasteiger partial charge in [-0.15, -0.1) is 0 Å². The number of amides is 2. The number of nitrogens with zero attached hydrogens (tertiary/aromatic N) is 1. The van der Waals surface area contributed by atoms with Crippen LogP contribution in [0.25, 0.3) is 0 Å². The first kappa shape index (κ1) is 12.6. The smallest absolute Gasteiger partial charge is 0.305 e. The van der Waals surface area contributed by atoms with Crippen molar-refractivity contribution < 1.29 is 19.5 Å². The molecule has 5 nitrogen and oxygen atoms in total. The van der Waals surface area contributed by atoms with Crippen molar-refractivity contribution in [2.24, 2.45) is 11.8 Å². The third kappa shape index (κ3) is 1.82. The highest BCUT2D eigenvalue weighted by atomic mass is 16.4. The average molecular weight is 271 g/mol. The SMILES string of the molecule is O=C(O)CCN1C(=O)C2=CC=CC3=CC=C[C@@H](C1=O)[C@@H]32. The number of hydrogen-bond acceptors (Lipinski definition) is 3. The molecule has 0 aromatic heterocycles. The van der Waals surface area contributed by atoms with Gasteiger partial charge in [-0.3, -0.25) is 19.3 Å². The molecule has 5 heteroatoms. The van der Waals surface area contributed by atoms with Crippen molar-refractivity contribution in [2.75, 3.05) is 6.54 Å². The van der Waals surface area contributed by atoms with E-state index in [0.29, 0.717) is 5.57 Å². The Hall–Kier alpha value is -2.43. The number of carbonyl (C=O) groups excluding carboxylic acids is 2. The van der Waals surface area contributed by atoms with E-state index in [-0.39, 0.29) is 30.7 Å². The second-order valence-corrected chi connectivity index (χ2v) is 4.97. The number of hydrogen-bond donors (Lipinski definition) is 1. The van der Waals surface area contributed by atoms with Crippen molar-refractivity contribution in [1.29, 1.82) is 0 Å². The molecule has 3 rings (SSSR count). The van der Waals surface area contributed by atoms with Gasteiger partial charge in [0.1, 0.15) is 0 Å². The van der Waals surface area contributed by atoms with Crippen LogP contribution in [0.2, 0.25) is 0 Å². The summed E-state index contributed by atoms with van der Waals surface area (Å²) >= 11 is 0. The summed E-state index contributed by atoms with van der Waals surface area (Å²) in [5, 5.41) is 8.73. The molecule has 0 bridgehead atoms. The average Bonchev–Trinajstić information content (AvgIpc) is 2.44. The van der Waals surface area contributed by atoms with Gasteiger partial charge in [-0.05, 0) is 5.57 Å². The van der Waals surface area contributed by atoms with Crippen LogP contribution in [-0.4, -0.2) is 34.3 Å². The molecule has 2 aliphatic carbocycles. The summed E-state index contributed by atoms with van der Waals surface area (Å²) in [6.45, 7) is -0.0792. The van der Waals surface area contributed by atoms with Crippen LogP contribution in [-0.2, 0) is 14.4 Å². The van der Waals surface area contributed by atoms with Crippen molar-refractivity contribution in [2.45, 2.75) is 6.42 Å². The van der Waals surface area contributed by atoms with Crippen molar-refractivity contribution in [3.8, 4) is 0 Å². The van der Waals surface area contributed by atoms with Gasteiger partial charge >= 0.3 is 5.97 Å². The summed E-state index contributed by atoms with van der Waals surface area (Å²) in [6, 6.07) is 0. The van der Waals surface area contributed by atoms with E-state index in [1.807, 2.05) is 18.2 Å². The monoisotopic (exact) mass is 271 g/mol. The molecular weight excluding hydrogens is 258 g/mol. The molecule has 0 spiro atoms. The lowest BCUT2D eigenvalue weighted by Gasteiger charge is -2.39. The van der Waals surface area contributed by atoms with Crippen LogP contribution in [0.4, 0.5) is 0 Å². The van der Waals surface area contributed by atoms with Crippen LogP contribution >= 0.6 is 0 Å². The fourth-order valence-electron chi connectivity index (χ4n) is 2.89. The molecule has 1 saturated heterocycles. The van der Waals surface area contributed by atoms with Crippen LogP contribution in [0.5, 0.6) is 0 Å². The van der Waals surface area contributed by atoms with Gasteiger partial charge < -0.3 is 5.11 Å². The Labute approximate surface area is 115 Å². The summed E-state index contributed by atoms with van der Waals surface area (Å²) in [7, 11) is 0. The molecule has 2 atom stereocenters. The highest BCUT2D eigenvalue weighted by Crippen LogP contribution is 2.41. The van der Waals surface area contributed by atoms with E-state index in [2.05, 4.69) is 0 Å². The van der Waals surface area contributed by atoms with Gasteiger partial charge in [-0.25, -0.2) is 0 Å². The number of aliphatic carboxylic acids is 1. The second kappa shape index (κ2) is 4.59. The van der Waals surface area contributed by atoms with Crippen LogP contribution in [0.15, 0.2) is 47.6 Å². The van der Waals surface area contributed by atoms with Crippen LogP contribution < -0.4 is 0 Å². The zero-order valence-electron chi connectivity index (χ0n) is 10.7. The molecule has 0 radical (unpaired) electrons. The highest BCUT2D eigenvalue weighted by Gasteiger charge is 2.45. The minimum atomic E-state index is -1.02. The molecule has 20 heavy (non-hydrogen) atoms. The van der Waals surface area contributed by atoms with E-state index in [0.717, 1.165) is 10.5 Å². The second-order valence-electron chi connectivity index (χ2n) is 4.97. The molecule has 1 fully saturated rings. The molecular formula is C15H13NO4. The van der Waals surface area contributed by atoms with Crippen LogP contribution in [0, 0.1) is 11.8 Å². The predicted molar refractivity (Wildman–Crippen MR) is 70.4 cm³/mol. The zero-order valence-corrected chi connectivity index (χ0v) is 10.7. The number of allylic oxidation sites excluding steroid dienone is 6. The van der Waals surface area contributed by atoms with Crippen LogP contribution in [0.3, 0.4) is 0 Å². The minimum absolute atomic E-state index is 0.0792. The number of carbonyl (C=O) groups is 3. The number of imide groups is 1. The Kier molecular flexibility index (Phi) is 2.89. The summed E-state index contributed by atoms with van der Waals surface area (Å²) in [5.41, 5.74) is 1.52. The Morgan fingerprint density at radius 2 is 2.05 bits per heavy atom. The third-order valence-corrected chi connectivity index (χ3v) is 3.82. The first-order valence-electron chi connectivity index (χ1n) is 6.44. The van der Waals surface area contributed by atoms with Gasteiger partial charge in [-0.2, -0.15) is 0 Å². The highest BCUT2D eigenvalue weighted by molar-refractivity contribution is 6.10. The van der Waals surface area contributed by atoms with E-state index < -0.39 is 11.9 Å². The van der Waals surface area contributed by atoms with E-state index in [1.165, 1.54) is 0 Å². The topological polar surface area (TPSA) is 74.7 Å². The minimum Gasteiger partial charge on any atom is -0.481 e. The molecule has 3 aliphatic rings. The van der Waals surface area contributed by atoms with E-state index in [4.69, 9.17) is 5.11 Å². The summed E-state index contributed by atoms with van der Waals surface area (Å²) in [6.07, 6.45) is 10.7. The van der Waals surface area contributed by atoms with E-state index in [9.17, 15) is 14.4 Å². The van der Waals surface area contributed by atoms with Gasteiger partial charge in [0.2, 0.25) is 5.91 Å². The number of rotatable bonds is 3. The maximum Gasteiger partial charge on any atom is 0.305 e. The van der Waals surface area contributed by atoms with Crippen molar-refractivity contribution in [3.05, 3.63) is 47.6 Å². The van der Waals surface area contributed by atoms with Gasteiger partial charge in [0.15, 0.2) is 0 Å². The molecule has 0 saturated carbocycles. The Bertz CT molecular complexity index is 624. The standard InChI is InChI=1S/C15H13NO4/c17-12(18)7-8-16-14(19)10-5-1-3-9-4-2-6-11(13(9)10)15(16)20/h1-6,10,13H,7-8H2,(H,17,18)/t10-,13-/m1/s1. The summed E-state index contributed by atoms with van der Waals surface area (Å²) in [4.78, 5) is 36.5. The molecule has 0 unspecified atom stereocenters. The Morgan fingerprint density at radius 3 is 2.80 bits per heavy atom.